The number of aryl methyl sites for hydroxylation is 1. The van der Waals surface area contributed by atoms with Gasteiger partial charge in [-0.2, -0.15) is 10.2 Å². The number of nitrogens with one attached hydrogen (secondary N) is 1. The second kappa shape index (κ2) is 6.56. The molecule has 5 heterocycles. The molecule has 11 heteroatoms. The minimum Gasteiger partial charge on any atom is -0.363 e. The molecule has 6 rings (SSSR count). The van der Waals surface area contributed by atoms with Crippen molar-refractivity contribution in [1.82, 2.24) is 39.1 Å². The lowest BCUT2D eigenvalue weighted by atomic mass is 9.97. The smallest absolute Gasteiger partial charge is 0.260 e. The molecule has 0 aliphatic carbocycles. The summed E-state index contributed by atoms with van der Waals surface area (Å²) in [5.41, 5.74) is 2.78. The lowest BCUT2D eigenvalue weighted by Crippen LogP contribution is -2.31. The maximum atomic E-state index is 13.9. The van der Waals surface area contributed by atoms with E-state index in [4.69, 9.17) is 0 Å². The maximum absolute atomic E-state index is 13.9. The van der Waals surface area contributed by atoms with Crippen LogP contribution in [-0.4, -0.2) is 45.6 Å². The van der Waals surface area contributed by atoms with Gasteiger partial charge in [0.2, 0.25) is 0 Å². The Balaban J connectivity index is 1.49. The Labute approximate surface area is 174 Å². The average molecular weight is 421 g/mol. The summed E-state index contributed by atoms with van der Waals surface area (Å²) in [6, 6.07) is 8.25. The maximum Gasteiger partial charge on any atom is 0.260 e. The van der Waals surface area contributed by atoms with Gasteiger partial charge in [-0.05, 0) is 12.0 Å². The monoisotopic (exact) mass is 421 g/mol. The molecule has 156 valence electrons. The Morgan fingerprint density at radius 1 is 1.10 bits per heavy atom. The van der Waals surface area contributed by atoms with Crippen molar-refractivity contribution in [3.05, 3.63) is 54.6 Å². The predicted molar refractivity (Wildman–Crippen MR) is 109 cm³/mol. The second-order valence-corrected chi connectivity index (χ2v) is 7.55. The second-order valence-electron chi connectivity index (χ2n) is 7.55. The summed E-state index contributed by atoms with van der Waals surface area (Å²) in [4.78, 5) is 9.01. The molecule has 0 saturated carbocycles. The van der Waals surface area contributed by atoms with Gasteiger partial charge < -0.3 is 5.32 Å². The summed E-state index contributed by atoms with van der Waals surface area (Å²) < 4.78 is 32.4. The number of aromatic nitrogens is 8. The molecule has 1 N–H and O–H groups in total. The molecule has 1 aliphatic rings. The highest BCUT2D eigenvalue weighted by Crippen LogP contribution is 2.41. The molecule has 0 saturated heterocycles. The number of fused-ring (bicyclic) bond motifs is 4. The zero-order valence-corrected chi connectivity index (χ0v) is 16.4. The number of rotatable bonds is 3. The molecular formula is C20H17F2N9. The number of nitrogens with zero attached hydrogens (tertiary/aromatic N) is 8. The third-order valence-corrected chi connectivity index (χ3v) is 5.70. The summed E-state index contributed by atoms with van der Waals surface area (Å²) in [6.45, 7) is 0. The Hall–Kier alpha value is -3.89. The van der Waals surface area contributed by atoms with Gasteiger partial charge in [0.05, 0.1) is 29.4 Å². The van der Waals surface area contributed by atoms with E-state index in [1.165, 1.54) is 10.9 Å². The van der Waals surface area contributed by atoms with Crippen LogP contribution in [0.2, 0.25) is 0 Å². The third-order valence-electron chi connectivity index (χ3n) is 5.70. The number of alkyl halides is 2. The lowest BCUT2D eigenvalue weighted by Gasteiger charge is -2.32. The van der Waals surface area contributed by atoms with Crippen molar-refractivity contribution in [2.75, 3.05) is 5.32 Å². The highest BCUT2D eigenvalue weighted by molar-refractivity contribution is 5.89. The first kappa shape index (κ1) is 17.9. The van der Waals surface area contributed by atoms with Gasteiger partial charge in [-0.15, -0.1) is 5.10 Å². The van der Waals surface area contributed by atoms with Crippen LogP contribution in [0.4, 0.5) is 14.6 Å². The fourth-order valence-corrected chi connectivity index (χ4v) is 4.15. The van der Waals surface area contributed by atoms with E-state index in [1.54, 1.807) is 28.8 Å². The predicted octanol–water partition coefficient (Wildman–Crippen LogP) is 3.24. The average Bonchev–Trinajstić information content (AvgIpc) is 3.49. The molecule has 5 aromatic rings. The van der Waals surface area contributed by atoms with Crippen LogP contribution in [0, 0.1) is 0 Å². The van der Waals surface area contributed by atoms with E-state index in [9.17, 15) is 8.78 Å². The minimum atomic E-state index is -2.55. The normalized spacial score (nSPS) is 18.6. The number of benzene rings is 1. The van der Waals surface area contributed by atoms with Gasteiger partial charge in [-0.25, -0.2) is 27.9 Å². The van der Waals surface area contributed by atoms with Crippen molar-refractivity contribution in [3.8, 4) is 11.4 Å². The molecule has 0 spiro atoms. The van der Waals surface area contributed by atoms with Crippen molar-refractivity contribution >= 4 is 22.5 Å². The highest BCUT2D eigenvalue weighted by Gasteiger charge is 2.36. The lowest BCUT2D eigenvalue weighted by molar-refractivity contribution is 0.0659. The van der Waals surface area contributed by atoms with E-state index in [0.29, 0.717) is 28.5 Å². The van der Waals surface area contributed by atoms with E-state index in [2.05, 4.69) is 30.6 Å². The van der Waals surface area contributed by atoms with E-state index in [0.717, 1.165) is 10.9 Å². The van der Waals surface area contributed by atoms with Crippen LogP contribution in [0.3, 0.4) is 0 Å². The first-order chi connectivity index (χ1) is 15.1. The molecule has 2 unspecified atom stereocenters. The third kappa shape index (κ3) is 2.69. The van der Waals surface area contributed by atoms with Crippen molar-refractivity contribution in [2.24, 2.45) is 7.05 Å². The van der Waals surface area contributed by atoms with Crippen LogP contribution in [-0.2, 0) is 7.05 Å². The first-order valence-corrected chi connectivity index (χ1v) is 9.81. The molecule has 0 fully saturated rings. The van der Waals surface area contributed by atoms with Gasteiger partial charge in [0.15, 0.2) is 17.1 Å². The Morgan fingerprint density at radius 2 is 1.94 bits per heavy atom. The molecule has 4 aromatic heterocycles. The number of hydrogen-bond acceptors (Lipinski definition) is 6. The molecule has 0 bridgehead atoms. The van der Waals surface area contributed by atoms with Crippen LogP contribution in [0.1, 0.15) is 24.1 Å². The zero-order chi connectivity index (χ0) is 21.1. The van der Waals surface area contributed by atoms with Gasteiger partial charge in [0, 0.05) is 7.05 Å². The fourth-order valence-electron chi connectivity index (χ4n) is 4.15. The van der Waals surface area contributed by atoms with E-state index < -0.39 is 12.5 Å². The number of hydrogen-bond donors (Lipinski definition) is 1. The Morgan fingerprint density at radius 3 is 2.74 bits per heavy atom. The molecule has 0 radical (unpaired) electrons. The molecular weight excluding hydrogens is 404 g/mol. The molecule has 0 amide bonds. The van der Waals surface area contributed by atoms with Gasteiger partial charge in [0.1, 0.15) is 18.2 Å². The minimum absolute atomic E-state index is 0.231. The van der Waals surface area contributed by atoms with Gasteiger partial charge in [-0.3, -0.25) is 4.68 Å². The number of halogens is 2. The molecule has 1 aliphatic heterocycles. The van der Waals surface area contributed by atoms with Gasteiger partial charge in [-0.1, -0.05) is 30.3 Å². The highest BCUT2D eigenvalue weighted by atomic mass is 19.3. The van der Waals surface area contributed by atoms with E-state index >= 15 is 0 Å². The Bertz CT molecular complexity index is 1400. The fraction of sp³-hybridized carbons (Fsp3) is 0.250. The van der Waals surface area contributed by atoms with Gasteiger partial charge >= 0.3 is 0 Å². The summed E-state index contributed by atoms with van der Waals surface area (Å²) in [7, 11) is 1.80. The van der Waals surface area contributed by atoms with Crippen molar-refractivity contribution in [2.45, 2.75) is 24.9 Å². The van der Waals surface area contributed by atoms with Gasteiger partial charge in [0.25, 0.3) is 6.43 Å². The van der Waals surface area contributed by atoms with Crippen LogP contribution < -0.4 is 5.32 Å². The van der Waals surface area contributed by atoms with Crippen LogP contribution in [0.15, 0.2) is 49.1 Å². The summed E-state index contributed by atoms with van der Waals surface area (Å²) in [6.07, 6.45) is 2.46. The number of anilines is 1. The van der Waals surface area contributed by atoms with E-state index in [-0.39, 0.29) is 12.5 Å². The van der Waals surface area contributed by atoms with Crippen LogP contribution >= 0.6 is 0 Å². The Kier molecular flexibility index (Phi) is 3.79. The summed E-state index contributed by atoms with van der Waals surface area (Å²) in [5, 5.41) is 17.1. The largest absolute Gasteiger partial charge is 0.363 e. The van der Waals surface area contributed by atoms with Crippen molar-refractivity contribution < 1.29 is 8.78 Å². The van der Waals surface area contributed by atoms with Crippen LogP contribution in [0.5, 0.6) is 0 Å². The molecule has 2 atom stereocenters. The standard InChI is InChI=1S/C20H17F2N9/c1-29-18-13(9-24-29)19-27-17(28-30(19)10-23-18)12-8-25-31-15(16(21)22)7-14(26-20(12)31)11-5-3-2-4-6-11/h2-6,8-10,14-16,26H,7H2,1H3. The van der Waals surface area contributed by atoms with Crippen molar-refractivity contribution in [1.29, 1.82) is 0 Å². The SMILES string of the molecule is Cn1ncc2c1ncn1nc(-c3cnn4c3NC(c3ccccc3)CC4C(F)F)nc21. The van der Waals surface area contributed by atoms with Crippen molar-refractivity contribution in [3.63, 3.8) is 0 Å². The molecule has 31 heavy (non-hydrogen) atoms. The van der Waals surface area contributed by atoms with E-state index in [1.807, 2.05) is 30.3 Å². The van der Waals surface area contributed by atoms with Crippen LogP contribution in [0.25, 0.3) is 28.1 Å². The quantitative estimate of drug-likeness (QED) is 0.481. The molecule has 1 aromatic carbocycles. The molecule has 9 nitrogen and oxygen atoms in total. The summed E-state index contributed by atoms with van der Waals surface area (Å²) in [5.74, 6) is 0.866. The topological polar surface area (TPSA) is 90.8 Å². The zero-order valence-electron chi connectivity index (χ0n) is 16.4. The summed E-state index contributed by atoms with van der Waals surface area (Å²) >= 11 is 0. The first-order valence-electron chi connectivity index (χ1n) is 9.81.